The number of imide groups is 1. The van der Waals surface area contributed by atoms with E-state index in [-0.39, 0.29) is 11.8 Å². The average molecular weight is 381 g/mol. The van der Waals surface area contributed by atoms with Crippen molar-refractivity contribution < 1.29 is 9.59 Å². The molecule has 0 bridgehead atoms. The highest BCUT2D eigenvalue weighted by atomic mass is 31.1. The summed E-state index contributed by atoms with van der Waals surface area (Å²) in [7, 11) is -0.972. The Morgan fingerprint density at radius 3 is 1.48 bits per heavy atom. The van der Waals surface area contributed by atoms with Crippen molar-refractivity contribution in [2.45, 2.75) is 95.8 Å². The zero-order valence-corrected chi connectivity index (χ0v) is 18.2. The Kier molecular flexibility index (Phi) is 6.06. The van der Waals surface area contributed by atoms with Crippen molar-refractivity contribution in [1.82, 2.24) is 4.90 Å². The number of amides is 2. The molecule has 4 atom stereocenters. The molecule has 0 saturated carbocycles. The zero-order chi connectivity index (χ0) is 18.3. The minimum atomic E-state index is -0.486. The average Bonchev–Trinajstić information content (AvgIpc) is 3.14. The van der Waals surface area contributed by atoms with Crippen molar-refractivity contribution in [2.24, 2.45) is 0 Å². The van der Waals surface area contributed by atoms with E-state index in [2.05, 4.69) is 34.6 Å². The maximum atomic E-state index is 13.4. The summed E-state index contributed by atoms with van der Waals surface area (Å²) in [5.74, 6) is 0.183. The van der Waals surface area contributed by atoms with Crippen LogP contribution in [0.5, 0.6) is 0 Å². The van der Waals surface area contributed by atoms with E-state index in [1.54, 1.807) is 4.90 Å². The van der Waals surface area contributed by atoms with Gasteiger partial charge in [0, 0.05) is 6.54 Å². The van der Waals surface area contributed by atoms with Gasteiger partial charge in [0.1, 0.15) is 0 Å². The number of hydrogen-bond acceptors (Lipinski definition) is 2. The molecule has 140 valence electrons. The van der Waals surface area contributed by atoms with Crippen LogP contribution >= 0.6 is 15.8 Å². The number of carbonyl (C=O) groups is 2. The minimum absolute atomic E-state index is 0.0916. The SMILES string of the molecule is CCCCN1C(=O)C(P2[C@H](C)CC[C@H]2C)=C(P2[C@H](C)CC[C@H]2C)C1=O. The normalized spacial score (nSPS) is 34.8. The van der Waals surface area contributed by atoms with Crippen molar-refractivity contribution in [3.05, 3.63) is 10.6 Å². The number of nitrogens with zero attached hydrogens (tertiary/aromatic N) is 1. The van der Waals surface area contributed by atoms with E-state index in [4.69, 9.17) is 0 Å². The summed E-state index contributed by atoms with van der Waals surface area (Å²) >= 11 is 0. The van der Waals surface area contributed by atoms with E-state index >= 15 is 0 Å². The summed E-state index contributed by atoms with van der Waals surface area (Å²) in [6.45, 7) is 12.0. The number of hydrogen-bond donors (Lipinski definition) is 0. The topological polar surface area (TPSA) is 37.4 Å². The van der Waals surface area contributed by atoms with Crippen LogP contribution in [0.3, 0.4) is 0 Å². The highest BCUT2D eigenvalue weighted by Gasteiger charge is 2.50. The van der Waals surface area contributed by atoms with Crippen molar-refractivity contribution in [2.75, 3.05) is 6.54 Å². The second-order valence-corrected chi connectivity index (χ2v) is 14.2. The Hall–Kier alpha value is -0.260. The fourth-order valence-electron chi connectivity index (χ4n) is 4.81. The summed E-state index contributed by atoms with van der Waals surface area (Å²) in [6, 6.07) is 0. The molecule has 0 unspecified atom stereocenters. The van der Waals surface area contributed by atoms with Crippen LogP contribution in [0.15, 0.2) is 10.6 Å². The quantitative estimate of drug-likeness (QED) is 0.468. The Balaban J connectivity index is 2.05. The molecule has 0 spiro atoms. The molecule has 3 aliphatic rings. The van der Waals surface area contributed by atoms with Crippen LogP contribution in [0.25, 0.3) is 0 Å². The first-order chi connectivity index (χ1) is 11.9. The standard InChI is InChI=1S/C20H33NO2P2/c1-6-7-12-21-19(22)17(24-13(2)8-9-14(24)3)18(20(21)23)25-15(4)10-11-16(25)5/h13-16H,6-12H2,1-5H3/t13-,14-,15-,16-/m1/s1. The van der Waals surface area contributed by atoms with Gasteiger partial charge < -0.3 is 0 Å². The lowest BCUT2D eigenvalue weighted by molar-refractivity contribution is -0.137. The molecule has 5 heteroatoms. The molecule has 2 amide bonds. The molecule has 0 radical (unpaired) electrons. The fraction of sp³-hybridized carbons (Fsp3) is 0.800. The van der Waals surface area contributed by atoms with Gasteiger partial charge in [0.25, 0.3) is 11.8 Å². The summed E-state index contributed by atoms with van der Waals surface area (Å²) in [5.41, 5.74) is 2.34. The highest BCUT2D eigenvalue weighted by Crippen LogP contribution is 2.70. The molecule has 2 fully saturated rings. The van der Waals surface area contributed by atoms with Gasteiger partial charge in [-0.25, -0.2) is 0 Å². The predicted molar refractivity (Wildman–Crippen MR) is 109 cm³/mol. The van der Waals surface area contributed by atoms with Crippen LogP contribution in [0.2, 0.25) is 0 Å². The first-order valence-corrected chi connectivity index (χ1v) is 13.0. The maximum Gasteiger partial charge on any atom is 0.262 e. The highest BCUT2D eigenvalue weighted by molar-refractivity contribution is 7.70. The second kappa shape index (κ2) is 7.77. The molecule has 2 saturated heterocycles. The van der Waals surface area contributed by atoms with E-state index < -0.39 is 15.8 Å². The van der Waals surface area contributed by atoms with Crippen molar-refractivity contribution in [3.8, 4) is 0 Å². The summed E-state index contributed by atoms with van der Waals surface area (Å²) in [5, 5.41) is 2.03. The van der Waals surface area contributed by atoms with Gasteiger partial charge in [-0.3, -0.25) is 14.5 Å². The zero-order valence-electron chi connectivity index (χ0n) is 16.4. The van der Waals surface area contributed by atoms with Crippen molar-refractivity contribution in [3.63, 3.8) is 0 Å². The number of rotatable bonds is 5. The molecule has 25 heavy (non-hydrogen) atoms. The molecular formula is C20H33NO2P2. The van der Waals surface area contributed by atoms with Gasteiger partial charge in [-0.05, 0) is 54.7 Å². The van der Waals surface area contributed by atoms with E-state index in [1.165, 1.54) is 25.7 Å². The lowest BCUT2D eigenvalue weighted by Gasteiger charge is -2.26. The minimum Gasteiger partial charge on any atom is -0.274 e. The van der Waals surface area contributed by atoms with E-state index in [1.807, 2.05) is 0 Å². The molecule has 3 nitrogen and oxygen atoms in total. The molecule has 0 aliphatic carbocycles. The first-order valence-electron chi connectivity index (χ1n) is 10.1. The second-order valence-electron chi connectivity index (χ2n) is 8.18. The van der Waals surface area contributed by atoms with E-state index in [9.17, 15) is 9.59 Å². The van der Waals surface area contributed by atoms with Gasteiger partial charge in [0.2, 0.25) is 0 Å². The molecule has 0 aromatic carbocycles. The monoisotopic (exact) mass is 381 g/mol. The third-order valence-electron chi connectivity index (χ3n) is 6.28. The fourth-order valence-corrected chi connectivity index (χ4v) is 12.1. The smallest absolute Gasteiger partial charge is 0.262 e. The third kappa shape index (κ3) is 3.37. The van der Waals surface area contributed by atoms with Gasteiger partial charge in [-0.2, -0.15) is 0 Å². The Morgan fingerprint density at radius 2 is 1.16 bits per heavy atom. The Morgan fingerprint density at radius 1 is 0.800 bits per heavy atom. The van der Waals surface area contributed by atoms with Crippen molar-refractivity contribution in [1.29, 1.82) is 0 Å². The summed E-state index contributed by atoms with van der Waals surface area (Å²) in [6.07, 6.45) is 6.79. The number of unbranched alkanes of at least 4 members (excludes halogenated alkanes) is 1. The van der Waals surface area contributed by atoms with Crippen LogP contribution in [-0.4, -0.2) is 45.9 Å². The van der Waals surface area contributed by atoms with Gasteiger partial charge in [-0.1, -0.05) is 56.9 Å². The summed E-state index contributed by atoms with van der Waals surface area (Å²) in [4.78, 5) is 28.3. The first kappa shape index (κ1) is 19.5. The molecule has 0 N–H and O–H groups in total. The van der Waals surface area contributed by atoms with E-state index in [0.29, 0.717) is 29.2 Å². The molecule has 3 rings (SSSR count). The molecule has 0 aromatic heterocycles. The van der Waals surface area contributed by atoms with Crippen LogP contribution in [-0.2, 0) is 9.59 Å². The largest absolute Gasteiger partial charge is 0.274 e. The number of carbonyl (C=O) groups excluding carboxylic acids is 2. The van der Waals surface area contributed by atoms with E-state index in [0.717, 1.165) is 23.5 Å². The lowest BCUT2D eigenvalue weighted by Crippen LogP contribution is -2.33. The maximum absolute atomic E-state index is 13.4. The van der Waals surface area contributed by atoms with Gasteiger partial charge in [-0.15, -0.1) is 0 Å². The summed E-state index contributed by atoms with van der Waals surface area (Å²) < 4.78 is 0. The van der Waals surface area contributed by atoms with Crippen LogP contribution in [0, 0.1) is 0 Å². The molecule has 0 aromatic rings. The Labute approximate surface area is 155 Å². The van der Waals surface area contributed by atoms with Crippen molar-refractivity contribution >= 4 is 27.7 Å². The van der Waals surface area contributed by atoms with Gasteiger partial charge in [0.15, 0.2) is 0 Å². The van der Waals surface area contributed by atoms with Crippen LogP contribution in [0.4, 0.5) is 0 Å². The molecular weight excluding hydrogens is 348 g/mol. The Bertz CT molecular complexity index is 522. The van der Waals surface area contributed by atoms with Crippen LogP contribution < -0.4 is 0 Å². The van der Waals surface area contributed by atoms with Crippen LogP contribution in [0.1, 0.15) is 73.1 Å². The third-order valence-corrected chi connectivity index (χ3v) is 13.1. The predicted octanol–water partition coefficient (Wildman–Crippen LogP) is 5.47. The molecule has 3 aliphatic heterocycles. The van der Waals surface area contributed by atoms with Gasteiger partial charge >= 0.3 is 0 Å². The lowest BCUT2D eigenvalue weighted by atomic mass is 10.2. The van der Waals surface area contributed by atoms with Gasteiger partial charge in [0.05, 0.1) is 10.6 Å². The molecule has 3 heterocycles.